The summed E-state index contributed by atoms with van der Waals surface area (Å²) in [6.45, 7) is 0. The predicted octanol–water partition coefficient (Wildman–Crippen LogP) is 2.61. The fraction of sp³-hybridized carbons (Fsp3) is 0. The van der Waals surface area contributed by atoms with Crippen LogP contribution in [0.1, 0.15) is 13.1 Å². The third-order valence-corrected chi connectivity index (χ3v) is 2.13. The lowest BCUT2D eigenvalue weighted by Gasteiger charge is -2.01. The molecule has 0 aliphatic heterocycles. The summed E-state index contributed by atoms with van der Waals surface area (Å²) in [6, 6.07) is 0.0220. The average molecular weight is 281 g/mol. The lowest BCUT2D eigenvalue weighted by molar-refractivity contribution is 0.112. The van der Waals surface area contributed by atoms with Gasteiger partial charge in [0.05, 0.1) is 8.43 Å². The van der Waals surface area contributed by atoms with Gasteiger partial charge in [-0.3, -0.25) is 4.79 Å². The summed E-state index contributed by atoms with van der Waals surface area (Å²) >= 11 is 6.11. The first-order chi connectivity index (χ1) is 6.00. The molecule has 1 aromatic rings. The molecule has 11 heavy (non-hydrogen) atoms. The Morgan fingerprint density at radius 1 is 1.55 bits per heavy atom. The molecule has 1 aromatic carbocycles. The molecule has 0 unspecified atom stereocenters. The van der Waals surface area contributed by atoms with Crippen LogP contribution in [-0.4, -0.2) is 6.29 Å². The fourth-order valence-electron chi connectivity index (χ4n) is 0.592. The van der Waals surface area contributed by atoms with Crippen LogP contribution in [0.25, 0.3) is 0 Å². The maximum absolute atomic E-state index is 10.6. The van der Waals surface area contributed by atoms with Crippen molar-refractivity contribution < 1.29 is 7.54 Å². The molecule has 0 aliphatic rings. The molecule has 0 atom stereocenters. The van der Waals surface area contributed by atoms with E-state index in [4.69, 9.17) is 8.48 Å². The van der Waals surface area contributed by atoms with Crippen LogP contribution in [0.4, 0.5) is 5.69 Å². The van der Waals surface area contributed by atoms with Crippen LogP contribution in [0.3, 0.4) is 0 Å². The van der Waals surface area contributed by atoms with Crippen LogP contribution in [0.5, 0.6) is 0 Å². The summed E-state index contributed by atoms with van der Waals surface area (Å²) in [6.07, 6.45) is 0.507. The Bertz CT molecular complexity index is 352. The van der Waals surface area contributed by atoms with E-state index in [2.05, 4.69) is 31.9 Å². The van der Waals surface area contributed by atoms with Gasteiger partial charge in [0.15, 0.2) is 6.29 Å². The predicted molar refractivity (Wildman–Crippen MR) is 51.6 cm³/mol. The summed E-state index contributed by atoms with van der Waals surface area (Å²) in [5.74, 6) is 0. The topological polar surface area (TPSA) is 43.1 Å². The Labute approximate surface area is 83.8 Å². The number of carbonyl (C=O) groups is 1. The number of halogens is 2. The second-order valence-corrected chi connectivity index (χ2v) is 3.41. The third-order valence-electron chi connectivity index (χ3n) is 1.11. The van der Waals surface area contributed by atoms with E-state index in [0.717, 1.165) is 0 Å². The molecule has 0 spiro atoms. The van der Waals surface area contributed by atoms with Crippen molar-refractivity contribution >= 4 is 43.8 Å². The molecule has 0 radical (unpaired) electrons. The van der Waals surface area contributed by atoms with E-state index in [9.17, 15) is 4.79 Å². The van der Waals surface area contributed by atoms with E-state index in [0.29, 0.717) is 10.8 Å². The van der Waals surface area contributed by atoms with Gasteiger partial charge in [-0.05, 0) is 28.0 Å². The molecular formula is C7H5Br2NO. The molecule has 0 heterocycles. The molecule has 0 aromatic heterocycles. The molecule has 0 saturated carbocycles. The fourth-order valence-corrected chi connectivity index (χ4v) is 1.68. The van der Waals surface area contributed by atoms with Gasteiger partial charge in [-0.2, -0.15) is 0 Å². The maximum Gasteiger partial charge on any atom is 0.152 e. The second kappa shape index (κ2) is 3.36. The lowest BCUT2D eigenvalue weighted by Crippen LogP contribution is -1.93. The van der Waals surface area contributed by atoms with Gasteiger partial charge in [0.1, 0.15) is 0 Å². The zero-order valence-corrected chi connectivity index (χ0v) is 8.49. The van der Waals surface area contributed by atoms with E-state index in [-0.39, 0.29) is 27.8 Å². The maximum atomic E-state index is 10.6. The van der Waals surface area contributed by atoms with E-state index in [1.807, 2.05) is 0 Å². The Balaban J connectivity index is 3.66. The molecular weight excluding hydrogens is 274 g/mol. The van der Waals surface area contributed by atoms with Crippen LogP contribution >= 0.6 is 31.9 Å². The van der Waals surface area contributed by atoms with Crippen LogP contribution < -0.4 is 5.73 Å². The van der Waals surface area contributed by atoms with Gasteiger partial charge in [0.2, 0.25) is 0 Å². The Hall–Kier alpha value is -0.350. The zero-order chi connectivity index (χ0) is 10.2. The van der Waals surface area contributed by atoms with Crippen LogP contribution in [0.2, 0.25) is 0 Å². The smallest absolute Gasteiger partial charge is 0.152 e. The van der Waals surface area contributed by atoms with Gasteiger partial charge >= 0.3 is 0 Å². The van der Waals surface area contributed by atoms with Crippen LogP contribution in [0.15, 0.2) is 21.0 Å². The molecule has 1 rings (SSSR count). The quantitative estimate of drug-likeness (QED) is 0.635. The minimum absolute atomic E-state index is 0.0549. The first-order valence-corrected chi connectivity index (χ1v) is 4.28. The van der Waals surface area contributed by atoms with Gasteiger partial charge in [-0.25, -0.2) is 0 Å². The highest BCUT2D eigenvalue weighted by atomic mass is 79.9. The first-order valence-electron chi connectivity index (χ1n) is 3.69. The lowest BCUT2D eigenvalue weighted by atomic mass is 10.2. The third kappa shape index (κ3) is 1.81. The van der Waals surface area contributed by atoms with Crippen LogP contribution in [-0.2, 0) is 0 Å². The van der Waals surface area contributed by atoms with Gasteiger partial charge in [0.25, 0.3) is 0 Å². The van der Waals surface area contributed by atoms with Crippen molar-refractivity contribution in [3.8, 4) is 0 Å². The van der Waals surface area contributed by atoms with Gasteiger partial charge in [-0.1, -0.05) is 15.9 Å². The molecule has 58 valence electrons. The number of hydrogen-bond acceptors (Lipinski definition) is 2. The van der Waals surface area contributed by atoms with Crippen LogP contribution in [0, 0.1) is 0 Å². The standard InChI is InChI=1S/C7H5Br2NO/c8-5-1-4(3-11)7(10)6(9)2-5/h1-3H,10H2/i1D,2D. The average Bonchev–Trinajstić information content (AvgIpc) is 2.13. The van der Waals surface area contributed by atoms with Crippen molar-refractivity contribution in [2.24, 2.45) is 0 Å². The summed E-state index contributed by atoms with van der Waals surface area (Å²) in [4.78, 5) is 10.6. The van der Waals surface area contributed by atoms with E-state index in [1.165, 1.54) is 0 Å². The number of nitrogen functional groups attached to an aromatic ring is 1. The molecule has 0 amide bonds. The normalized spacial score (nSPS) is 12.2. The number of benzene rings is 1. The Morgan fingerprint density at radius 3 is 2.73 bits per heavy atom. The highest BCUT2D eigenvalue weighted by Crippen LogP contribution is 2.26. The molecule has 2 N–H and O–H groups in total. The highest BCUT2D eigenvalue weighted by molar-refractivity contribution is 9.11. The first kappa shape index (κ1) is 6.20. The largest absolute Gasteiger partial charge is 0.397 e. The van der Waals surface area contributed by atoms with Crippen molar-refractivity contribution in [1.82, 2.24) is 0 Å². The highest BCUT2D eigenvalue weighted by Gasteiger charge is 2.02. The number of carbonyl (C=O) groups excluding carboxylic acids is 1. The molecule has 0 bridgehead atoms. The molecule has 4 heteroatoms. The summed E-state index contributed by atoms with van der Waals surface area (Å²) in [7, 11) is 0. The van der Waals surface area contributed by atoms with E-state index < -0.39 is 0 Å². The minimum atomic E-state index is -0.0549. The number of rotatable bonds is 1. The molecule has 2 nitrogen and oxygen atoms in total. The van der Waals surface area contributed by atoms with Gasteiger partial charge in [-0.15, -0.1) is 0 Å². The number of nitrogens with two attached hydrogens (primary N) is 1. The van der Waals surface area contributed by atoms with Gasteiger partial charge in [0, 0.05) is 14.5 Å². The SMILES string of the molecule is [2H]c1c(Br)c([2H])c(C=O)c(N)c1Br. The molecule has 0 fully saturated rings. The Morgan fingerprint density at radius 2 is 2.18 bits per heavy atom. The van der Waals surface area contributed by atoms with Crippen molar-refractivity contribution in [1.29, 1.82) is 0 Å². The van der Waals surface area contributed by atoms with Crippen molar-refractivity contribution in [2.75, 3.05) is 5.73 Å². The summed E-state index contributed by atoms with van der Waals surface area (Å²) in [5, 5.41) is 0. The monoisotopic (exact) mass is 279 g/mol. The van der Waals surface area contributed by atoms with Gasteiger partial charge < -0.3 is 5.73 Å². The van der Waals surface area contributed by atoms with E-state index >= 15 is 0 Å². The molecule has 0 saturated heterocycles. The summed E-state index contributed by atoms with van der Waals surface area (Å²) < 4.78 is 15.6. The second-order valence-electron chi connectivity index (χ2n) is 1.82. The number of aldehydes is 1. The number of anilines is 1. The van der Waals surface area contributed by atoms with Crippen molar-refractivity contribution in [3.63, 3.8) is 0 Å². The zero-order valence-electron chi connectivity index (χ0n) is 7.32. The minimum Gasteiger partial charge on any atom is -0.397 e. The Kier molecular flexibility index (Phi) is 1.90. The van der Waals surface area contributed by atoms with Crippen molar-refractivity contribution in [2.45, 2.75) is 0 Å². The number of hydrogen-bond donors (Lipinski definition) is 1. The van der Waals surface area contributed by atoms with E-state index in [1.54, 1.807) is 0 Å². The van der Waals surface area contributed by atoms with Crippen molar-refractivity contribution in [3.05, 3.63) is 26.6 Å². The molecule has 0 aliphatic carbocycles. The summed E-state index contributed by atoms with van der Waals surface area (Å²) in [5.41, 5.74) is 5.75.